The number of fused-ring (bicyclic) bond motifs is 6. The van der Waals surface area contributed by atoms with Crippen LogP contribution in [0.5, 0.6) is 0 Å². The third kappa shape index (κ3) is 6.66. The molecular weight excluding hydrogens is 735 g/mol. The highest BCUT2D eigenvalue weighted by atomic mass is 15.2. The van der Waals surface area contributed by atoms with E-state index in [4.69, 9.17) is 0 Å². The Labute approximate surface area is 365 Å². The zero-order chi connectivity index (χ0) is 41.3. The molecule has 7 aliphatic carbocycles. The van der Waals surface area contributed by atoms with Crippen molar-refractivity contribution in [2.45, 2.75) is 114 Å². The number of allylic oxidation sites excluding steroid dienone is 14. The Morgan fingerprint density at radius 2 is 1.31 bits per heavy atom. The van der Waals surface area contributed by atoms with Crippen LogP contribution >= 0.6 is 0 Å². The molecule has 0 saturated heterocycles. The summed E-state index contributed by atoms with van der Waals surface area (Å²) < 4.78 is 0. The van der Waals surface area contributed by atoms with E-state index in [9.17, 15) is 0 Å². The summed E-state index contributed by atoms with van der Waals surface area (Å²) in [4.78, 5) is 2.67. The standard InChI is InChI=1S/C60H61N/c1-59(2)55-16-10-8-14-51(55)53-36-28-46(38-57(53)59)44-24-32-49(33-25-44)61(48-30-22-43(23-31-48)42-20-18-41(19-21-42)40-12-6-5-7-13-40)50-34-26-45(27-35-50)47-29-37-54-52-15-9-11-17-56(52)60(3,4)58(54)39-47/h6,8-12,14-26,29-30,32-34,36-37,40,46,48,57-58H,5,7,13,27-28,31,35,38-39H2,1-4H3. The van der Waals surface area contributed by atoms with Gasteiger partial charge < -0.3 is 4.90 Å². The molecule has 4 aromatic carbocycles. The average molecular weight is 796 g/mol. The minimum atomic E-state index is 0.143. The average Bonchev–Trinajstić information content (AvgIpc) is 3.69. The minimum absolute atomic E-state index is 0.143. The molecule has 306 valence electrons. The second kappa shape index (κ2) is 15.2. The number of nitrogens with zero attached hydrogens (tertiary/aromatic N) is 1. The second-order valence-electron chi connectivity index (χ2n) is 20.2. The molecule has 0 aliphatic heterocycles. The molecule has 1 nitrogen and oxygen atoms in total. The summed E-state index contributed by atoms with van der Waals surface area (Å²) in [5.74, 6) is 2.20. The number of benzene rings is 4. The van der Waals surface area contributed by atoms with Crippen molar-refractivity contribution in [3.8, 4) is 0 Å². The van der Waals surface area contributed by atoms with Crippen LogP contribution in [0.1, 0.15) is 136 Å². The Morgan fingerprint density at radius 1 is 0.607 bits per heavy atom. The molecule has 61 heavy (non-hydrogen) atoms. The molecule has 0 N–H and O–H groups in total. The van der Waals surface area contributed by atoms with Gasteiger partial charge in [-0.3, -0.25) is 0 Å². The molecular formula is C60H61N. The number of hydrogen-bond donors (Lipinski definition) is 0. The molecule has 5 unspecified atom stereocenters. The zero-order valence-electron chi connectivity index (χ0n) is 36.7. The molecule has 0 amide bonds. The molecule has 0 bridgehead atoms. The largest absolute Gasteiger partial charge is 0.338 e. The summed E-state index contributed by atoms with van der Waals surface area (Å²) in [7, 11) is 0. The summed E-state index contributed by atoms with van der Waals surface area (Å²) in [6.07, 6.45) is 34.8. The number of hydrogen-bond acceptors (Lipinski definition) is 1. The van der Waals surface area contributed by atoms with Crippen LogP contribution in [0.2, 0.25) is 0 Å². The predicted octanol–water partition coefficient (Wildman–Crippen LogP) is 15.5. The van der Waals surface area contributed by atoms with Gasteiger partial charge in [-0.1, -0.05) is 167 Å². The Kier molecular flexibility index (Phi) is 9.60. The van der Waals surface area contributed by atoms with Crippen LogP contribution in [0.4, 0.5) is 5.69 Å². The summed E-state index contributed by atoms with van der Waals surface area (Å²) >= 11 is 0. The lowest BCUT2D eigenvalue weighted by Crippen LogP contribution is -2.34. The highest BCUT2D eigenvalue weighted by Gasteiger charge is 2.46. The van der Waals surface area contributed by atoms with Gasteiger partial charge in [0.15, 0.2) is 0 Å². The van der Waals surface area contributed by atoms with Crippen molar-refractivity contribution in [2.24, 2.45) is 11.8 Å². The Morgan fingerprint density at radius 3 is 2.00 bits per heavy atom. The quantitative estimate of drug-likeness (QED) is 0.168. The van der Waals surface area contributed by atoms with Gasteiger partial charge in [-0.15, -0.1) is 0 Å². The van der Waals surface area contributed by atoms with Gasteiger partial charge in [-0.25, -0.2) is 0 Å². The fourth-order valence-electron chi connectivity index (χ4n) is 12.6. The summed E-state index contributed by atoms with van der Waals surface area (Å²) in [6.45, 7) is 9.84. The molecule has 0 saturated carbocycles. The lowest BCUT2D eigenvalue weighted by atomic mass is 9.69. The van der Waals surface area contributed by atoms with Crippen LogP contribution in [-0.4, -0.2) is 6.04 Å². The van der Waals surface area contributed by atoms with Crippen LogP contribution in [0.3, 0.4) is 0 Å². The first-order chi connectivity index (χ1) is 29.7. The molecule has 0 heterocycles. The smallest absolute Gasteiger partial charge is 0.0557 e. The first-order valence-electron chi connectivity index (χ1n) is 23.5. The first kappa shape index (κ1) is 38.5. The maximum atomic E-state index is 2.67. The van der Waals surface area contributed by atoms with E-state index in [0.29, 0.717) is 23.7 Å². The van der Waals surface area contributed by atoms with Crippen molar-refractivity contribution in [3.05, 3.63) is 214 Å². The summed E-state index contributed by atoms with van der Waals surface area (Å²) in [5, 5.41) is 0. The van der Waals surface area contributed by atoms with Crippen molar-refractivity contribution >= 4 is 22.4 Å². The van der Waals surface area contributed by atoms with Gasteiger partial charge in [0.05, 0.1) is 6.04 Å². The highest BCUT2D eigenvalue weighted by Crippen LogP contribution is 2.57. The van der Waals surface area contributed by atoms with E-state index in [2.05, 4.69) is 190 Å². The van der Waals surface area contributed by atoms with Crippen molar-refractivity contribution in [3.63, 3.8) is 0 Å². The van der Waals surface area contributed by atoms with E-state index in [0.717, 1.165) is 32.1 Å². The maximum absolute atomic E-state index is 2.67. The van der Waals surface area contributed by atoms with Crippen LogP contribution in [-0.2, 0) is 10.8 Å². The van der Waals surface area contributed by atoms with E-state index in [-0.39, 0.29) is 16.9 Å². The predicted molar refractivity (Wildman–Crippen MR) is 259 cm³/mol. The van der Waals surface area contributed by atoms with E-state index < -0.39 is 0 Å². The monoisotopic (exact) mass is 795 g/mol. The normalized spacial score (nSPS) is 26.7. The zero-order valence-corrected chi connectivity index (χ0v) is 36.7. The topological polar surface area (TPSA) is 3.24 Å². The van der Waals surface area contributed by atoms with Crippen molar-refractivity contribution in [1.82, 2.24) is 0 Å². The molecule has 5 atom stereocenters. The van der Waals surface area contributed by atoms with Gasteiger partial charge in [-0.05, 0) is 171 Å². The fourth-order valence-corrected chi connectivity index (χ4v) is 12.6. The molecule has 4 aromatic rings. The first-order valence-corrected chi connectivity index (χ1v) is 23.5. The summed E-state index contributed by atoms with van der Waals surface area (Å²) in [6, 6.07) is 37.7. The molecule has 0 fully saturated rings. The molecule has 1 heteroatoms. The fraction of sp³-hybridized carbons (Fsp3) is 0.333. The van der Waals surface area contributed by atoms with E-state index in [1.54, 1.807) is 5.57 Å². The minimum Gasteiger partial charge on any atom is -0.338 e. The van der Waals surface area contributed by atoms with E-state index >= 15 is 0 Å². The third-order valence-electron chi connectivity index (χ3n) is 16.2. The van der Waals surface area contributed by atoms with E-state index in [1.807, 2.05) is 0 Å². The van der Waals surface area contributed by atoms with E-state index in [1.165, 1.54) is 98.3 Å². The Hall–Kier alpha value is -5.40. The lowest BCUT2D eigenvalue weighted by molar-refractivity contribution is 0.355. The van der Waals surface area contributed by atoms with Gasteiger partial charge in [0.25, 0.3) is 0 Å². The third-order valence-corrected chi connectivity index (χ3v) is 16.2. The molecule has 0 spiro atoms. The highest BCUT2D eigenvalue weighted by molar-refractivity contribution is 5.81. The van der Waals surface area contributed by atoms with Crippen molar-refractivity contribution < 1.29 is 0 Å². The molecule has 0 radical (unpaired) electrons. The van der Waals surface area contributed by atoms with Crippen LogP contribution in [0.15, 0.2) is 175 Å². The maximum Gasteiger partial charge on any atom is 0.0557 e. The Balaban J connectivity index is 0.869. The second-order valence-corrected chi connectivity index (χ2v) is 20.2. The molecule has 0 aromatic heterocycles. The van der Waals surface area contributed by atoms with Gasteiger partial charge >= 0.3 is 0 Å². The van der Waals surface area contributed by atoms with Crippen LogP contribution < -0.4 is 4.90 Å². The Bertz CT molecular complexity index is 2630. The van der Waals surface area contributed by atoms with Gasteiger partial charge in [0.2, 0.25) is 0 Å². The summed E-state index contributed by atoms with van der Waals surface area (Å²) in [5.41, 5.74) is 20.7. The SMILES string of the molecule is CC1(C)c2ccccc2C2=CC=C(C3=CC=C(N(c4ccc(C5CC=C6c7ccccc7C(C)(C)C6C5)cc4)C4C=CC(c5ccc(C6C=CCCC6)cc5)=CC4)CC3)CC21. The van der Waals surface area contributed by atoms with Gasteiger partial charge in [0, 0.05) is 17.3 Å². The van der Waals surface area contributed by atoms with Crippen molar-refractivity contribution in [1.29, 1.82) is 0 Å². The van der Waals surface area contributed by atoms with Crippen LogP contribution in [0, 0.1) is 11.8 Å². The molecule has 7 aliphatic rings. The van der Waals surface area contributed by atoms with Crippen LogP contribution in [0.25, 0.3) is 16.7 Å². The van der Waals surface area contributed by atoms with Gasteiger partial charge in [0.1, 0.15) is 0 Å². The lowest BCUT2D eigenvalue weighted by Gasteiger charge is -2.37. The van der Waals surface area contributed by atoms with Gasteiger partial charge in [-0.2, -0.15) is 0 Å². The molecule has 11 rings (SSSR count). The number of anilines is 1. The number of rotatable bonds is 7. The van der Waals surface area contributed by atoms with Crippen molar-refractivity contribution in [2.75, 3.05) is 4.90 Å².